The van der Waals surface area contributed by atoms with Crippen LogP contribution in [0.5, 0.6) is 0 Å². The van der Waals surface area contributed by atoms with Crippen LogP contribution in [0.25, 0.3) is 0 Å². The number of thiol groups is 1. The van der Waals surface area contributed by atoms with E-state index in [0.717, 1.165) is 21.8 Å². The third-order valence-corrected chi connectivity index (χ3v) is 3.01. The van der Waals surface area contributed by atoms with Gasteiger partial charge in [0.25, 0.3) is 0 Å². The number of amides is 1. The number of pyridine rings is 1. The predicted molar refractivity (Wildman–Crippen MR) is 78.2 cm³/mol. The zero-order chi connectivity index (χ0) is 13.7. The van der Waals surface area contributed by atoms with Gasteiger partial charge in [-0.1, -0.05) is 18.2 Å². The van der Waals surface area contributed by atoms with Gasteiger partial charge >= 0.3 is 0 Å². The summed E-state index contributed by atoms with van der Waals surface area (Å²) in [5.74, 6) is -0.00443. The molecule has 0 bridgehead atoms. The van der Waals surface area contributed by atoms with Crippen molar-refractivity contribution in [3.63, 3.8) is 0 Å². The molecule has 0 aliphatic rings. The lowest BCUT2D eigenvalue weighted by atomic mass is 10.1. The first-order valence-electron chi connectivity index (χ1n) is 6.10. The summed E-state index contributed by atoms with van der Waals surface area (Å²) in [6.07, 6.45) is 0.375. The van der Waals surface area contributed by atoms with Gasteiger partial charge in [-0.3, -0.25) is 9.78 Å². The Kier molecular flexibility index (Phi) is 4.58. The van der Waals surface area contributed by atoms with Crippen molar-refractivity contribution >= 4 is 18.5 Å². The van der Waals surface area contributed by atoms with Crippen molar-refractivity contribution in [3.8, 4) is 0 Å². The summed E-state index contributed by atoms with van der Waals surface area (Å²) < 4.78 is 0. The number of aromatic nitrogens is 1. The van der Waals surface area contributed by atoms with E-state index in [-0.39, 0.29) is 5.91 Å². The summed E-state index contributed by atoms with van der Waals surface area (Å²) in [5.41, 5.74) is 2.81. The summed E-state index contributed by atoms with van der Waals surface area (Å²) >= 11 is 4.21. The fourth-order valence-corrected chi connectivity index (χ4v) is 1.90. The molecule has 0 aliphatic carbocycles. The van der Waals surface area contributed by atoms with Gasteiger partial charge in [-0.05, 0) is 36.8 Å². The lowest BCUT2D eigenvalue weighted by Crippen LogP contribution is -2.25. The summed E-state index contributed by atoms with van der Waals surface area (Å²) in [6, 6.07) is 13.4. The number of nitrogens with one attached hydrogen (secondary N) is 1. The van der Waals surface area contributed by atoms with E-state index in [1.807, 2.05) is 49.4 Å². The third kappa shape index (κ3) is 4.41. The highest BCUT2D eigenvalue weighted by Crippen LogP contribution is 2.08. The molecule has 2 rings (SSSR count). The van der Waals surface area contributed by atoms with E-state index in [0.29, 0.717) is 13.0 Å². The second-order valence-electron chi connectivity index (χ2n) is 4.39. The van der Waals surface area contributed by atoms with Crippen LogP contribution in [0.1, 0.15) is 17.0 Å². The molecule has 0 atom stereocenters. The van der Waals surface area contributed by atoms with Gasteiger partial charge in [0.2, 0.25) is 5.91 Å². The largest absolute Gasteiger partial charge is 0.350 e. The molecule has 1 aromatic heterocycles. The minimum atomic E-state index is -0.00443. The van der Waals surface area contributed by atoms with Crippen LogP contribution in [0.2, 0.25) is 0 Å². The first kappa shape index (κ1) is 13.6. The molecule has 2 aromatic rings. The van der Waals surface area contributed by atoms with Crippen LogP contribution in [0.15, 0.2) is 47.4 Å². The summed E-state index contributed by atoms with van der Waals surface area (Å²) in [7, 11) is 0. The maximum absolute atomic E-state index is 11.8. The van der Waals surface area contributed by atoms with Gasteiger partial charge in [0.15, 0.2) is 0 Å². The summed E-state index contributed by atoms with van der Waals surface area (Å²) in [6.45, 7) is 2.40. The van der Waals surface area contributed by atoms with Crippen molar-refractivity contribution in [1.29, 1.82) is 0 Å². The predicted octanol–water partition coefficient (Wildman–Crippen LogP) is 2.54. The molecule has 1 heterocycles. The molecule has 4 heteroatoms. The number of rotatable bonds is 4. The topological polar surface area (TPSA) is 42.0 Å². The fourth-order valence-electron chi connectivity index (χ4n) is 1.75. The van der Waals surface area contributed by atoms with Gasteiger partial charge in [-0.25, -0.2) is 0 Å². The Morgan fingerprint density at radius 1 is 1.21 bits per heavy atom. The molecule has 1 aromatic carbocycles. The van der Waals surface area contributed by atoms with E-state index in [1.165, 1.54) is 0 Å². The molecular weight excluding hydrogens is 256 g/mol. The van der Waals surface area contributed by atoms with Crippen LogP contribution in [-0.2, 0) is 17.8 Å². The molecule has 1 amide bonds. The molecule has 0 radical (unpaired) electrons. The van der Waals surface area contributed by atoms with Gasteiger partial charge in [0, 0.05) is 10.6 Å². The van der Waals surface area contributed by atoms with E-state index in [4.69, 9.17) is 0 Å². The Morgan fingerprint density at radius 2 is 1.95 bits per heavy atom. The van der Waals surface area contributed by atoms with Gasteiger partial charge in [0.05, 0.1) is 18.7 Å². The van der Waals surface area contributed by atoms with Gasteiger partial charge in [-0.2, -0.15) is 0 Å². The SMILES string of the molecule is Cc1cccc(CNC(=O)Cc2ccc(S)cc2)n1. The molecule has 1 N–H and O–H groups in total. The zero-order valence-electron chi connectivity index (χ0n) is 10.8. The number of benzene rings is 1. The van der Waals surface area contributed by atoms with E-state index < -0.39 is 0 Å². The Balaban J connectivity index is 1.86. The Morgan fingerprint density at radius 3 is 2.63 bits per heavy atom. The van der Waals surface area contributed by atoms with Gasteiger partial charge in [0.1, 0.15) is 0 Å². The first-order valence-corrected chi connectivity index (χ1v) is 6.55. The number of nitrogens with zero attached hydrogens (tertiary/aromatic N) is 1. The number of carbonyl (C=O) groups excluding carboxylic acids is 1. The molecule has 0 unspecified atom stereocenters. The monoisotopic (exact) mass is 272 g/mol. The van der Waals surface area contributed by atoms with Gasteiger partial charge in [-0.15, -0.1) is 12.6 Å². The van der Waals surface area contributed by atoms with Crippen LogP contribution in [0.4, 0.5) is 0 Å². The van der Waals surface area contributed by atoms with Crippen LogP contribution >= 0.6 is 12.6 Å². The van der Waals surface area contributed by atoms with E-state index >= 15 is 0 Å². The van der Waals surface area contributed by atoms with Crippen LogP contribution < -0.4 is 5.32 Å². The zero-order valence-corrected chi connectivity index (χ0v) is 11.7. The normalized spacial score (nSPS) is 10.2. The van der Waals surface area contributed by atoms with E-state index in [2.05, 4.69) is 22.9 Å². The van der Waals surface area contributed by atoms with Gasteiger partial charge < -0.3 is 5.32 Å². The Hall–Kier alpha value is -1.81. The van der Waals surface area contributed by atoms with Crippen molar-refractivity contribution < 1.29 is 4.79 Å². The van der Waals surface area contributed by atoms with Crippen LogP contribution in [0.3, 0.4) is 0 Å². The van der Waals surface area contributed by atoms with Crippen molar-refractivity contribution in [2.24, 2.45) is 0 Å². The lowest BCUT2D eigenvalue weighted by Gasteiger charge is -2.06. The number of hydrogen-bond donors (Lipinski definition) is 2. The fraction of sp³-hybridized carbons (Fsp3) is 0.200. The van der Waals surface area contributed by atoms with Crippen LogP contribution in [0, 0.1) is 6.92 Å². The summed E-state index contributed by atoms with van der Waals surface area (Å²) in [5, 5.41) is 2.87. The molecule has 98 valence electrons. The highest BCUT2D eigenvalue weighted by Gasteiger charge is 2.03. The molecule has 0 aliphatic heterocycles. The molecule has 0 spiro atoms. The minimum absolute atomic E-state index is 0.00443. The molecule has 0 saturated carbocycles. The minimum Gasteiger partial charge on any atom is -0.350 e. The maximum atomic E-state index is 11.8. The van der Waals surface area contributed by atoms with E-state index in [1.54, 1.807) is 0 Å². The highest BCUT2D eigenvalue weighted by molar-refractivity contribution is 7.80. The average molecular weight is 272 g/mol. The van der Waals surface area contributed by atoms with Crippen LogP contribution in [-0.4, -0.2) is 10.9 Å². The summed E-state index contributed by atoms with van der Waals surface area (Å²) in [4.78, 5) is 17.0. The first-order chi connectivity index (χ1) is 9.13. The Bertz CT molecular complexity index is 567. The third-order valence-electron chi connectivity index (χ3n) is 2.71. The Labute approximate surface area is 118 Å². The maximum Gasteiger partial charge on any atom is 0.224 e. The molecule has 19 heavy (non-hydrogen) atoms. The highest BCUT2D eigenvalue weighted by atomic mass is 32.1. The molecule has 0 fully saturated rings. The average Bonchev–Trinajstić information content (AvgIpc) is 2.39. The smallest absolute Gasteiger partial charge is 0.224 e. The molecule has 3 nitrogen and oxygen atoms in total. The van der Waals surface area contributed by atoms with Crippen molar-refractivity contribution in [3.05, 3.63) is 59.4 Å². The molecular formula is C15H16N2OS. The standard InChI is InChI=1S/C15H16N2OS/c1-11-3-2-4-13(17-11)10-16-15(18)9-12-5-7-14(19)8-6-12/h2-8,19H,9-10H2,1H3,(H,16,18). The second kappa shape index (κ2) is 6.38. The second-order valence-corrected chi connectivity index (χ2v) is 4.91. The quantitative estimate of drug-likeness (QED) is 0.840. The molecule has 0 saturated heterocycles. The number of hydrogen-bond acceptors (Lipinski definition) is 3. The van der Waals surface area contributed by atoms with Crippen molar-refractivity contribution in [1.82, 2.24) is 10.3 Å². The van der Waals surface area contributed by atoms with E-state index in [9.17, 15) is 4.79 Å². The lowest BCUT2D eigenvalue weighted by molar-refractivity contribution is -0.120. The van der Waals surface area contributed by atoms with Crippen molar-refractivity contribution in [2.45, 2.75) is 24.8 Å². The van der Waals surface area contributed by atoms with Crippen molar-refractivity contribution in [2.75, 3.05) is 0 Å². The number of aryl methyl sites for hydroxylation is 1. The number of carbonyl (C=O) groups is 1.